The number of ether oxygens (including phenoxy) is 1. The largest absolute Gasteiger partial charge is 0.490 e. The van der Waals surface area contributed by atoms with Gasteiger partial charge in [-0.3, -0.25) is 14.5 Å². The van der Waals surface area contributed by atoms with Gasteiger partial charge in [0.25, 0.3) is 5.24 Å². The van der Waals surface area contributed by atoms with Crippen LogP contribution in [0.1, 0.15) is 27.8 Å². The average molecular weight is 689 g/mol. The lowest BCUT2D eigenvalue weighted by Gasteiger charge is -2.42. The minimum Gasteiger partial charge on any atom is -0.490 e. The highest BCUT2D eigenvalue weighted by atomic mass is 32.2. The van der Waals surface area contributed by atoms with E-state index in [9.17, 15) is 9.59 Å². The summed E-state index contributed by atoms with van der Waals surface area (Å²) >= 11 is 1.09. The number of benzene rings is 6. The second kappa shape index (κ2) is 15.7. The second-order valence-corrected chi connectivity index (χ2v) is 13.3. The molecule has 0 spiro atoms. The highest BCUT2D eigenvalue weighted by molar-refractivity contribution is 8.15. The Bertz CT molecular complexity index is 1990. The van der Waals surface area contributed by atoms with E-state index in [0.29, 0.717) is 18.8 Å². The van der Waals surface area contributed by atoms with Gasteiger partial charge in [-0.25, -0.2) is 0 Å². The van der Waals surface area contributed by atoms with Crippen molar-refractivity contribution in [3.63, 3.8) is 0 Å². The Morgan fingerprint density at radius 2 is 1.18 bits per heavy atom. The Hall–Kier alpha value is -5.92. The summed E-state index contributed by atoms with van der Waals surface area (Å²) in [5.74, 6) is 0.465. The standard InChI is InChI=1S/C44H36N2O4S/c47-42-41(51-43(48)46(42)44(37-18-7-2-8-19-37,38-20-9-3-10-21-38)39-22-11-4-12-23-39)31-33-24-26-40(27-25-33)49-28-29-50-45-32-34-14-13-17-36(30-34)35-15-5-1-6-16-35/h1-27,30,32,41H,28-29,31H2/b45-32-. The van der Waals surface area contributed by atoms with E-state index in [0.717, 1.165) is 50.7 Å². The molecule has 0 bridgehead atoms. The van der Waals surface area contributed by atoms with Crippen molar-refractivity contribution in [2.24, 2.45) is 5.16 Å². The number of hydrogen-bond donors (Lipinski definition) is 0. The fraction of sp³-hybridized carbons (Fsp3) is 0.114. The Morgan fingerprint density at radius 1 is 0.627 bits per heavy atom. The zero-order valence-electron chi connectivity index (χ0n) is 27.9. The molecule has 7 rings (SSSR count). The summed E-state index contributed by atoms with van der Waals surface area (Å²) in [6.45, 7) is 0.607. The molecule has 6 nitrogen and oxygen atoms in total. The Kier molecular flexibility index (Phi) is 10.4. The quantitative estimate of drug-likeness (QED) is 0.0524. The van der Waals surface area contributed by atoms with E-state index in [4.69, 9.17) is 9.57 Å². The second-order valence-electron chi connectivity index (χ2n) is 12.1. The summed E-state index contributed by atoms with van der Waals surface area (Å²) in [7, 11) is 0. The first-order chi connectivity index (χ1) is 25.1. The molecule has 6 aromatic carbocycles. The van der Waals surface area contributed by atoms with Crippen LogP contribution >= 0.6 is 11.8 Å². The number of carbonyl (C=O) groups is 2. The van der Waals surface area contributed by atoms with E-state index in [1.165, 1.54) is 4.90 Å². The minimum atomic E-state index is -1.13. The van der Waals surface area contributed by atoms with Gasteiger partial charge in [-0.2, -0.15) is 0 Å². The number of rotatable bonds is 13. The molecule has 2 amide bonds. The van der Waals surface area contributed by atoms with Crippen LogP contribution < -0.4 is 4.74 Å². The summed E-state index contributed by atoms with van der Waals surface area (Å²) in [6, 6.07) is 55.4. The van der Waals surface area contributed by atoms with Crippen LogP contribution in [0, 0.1) is 0 Å². The first kappa shape index (κ1) is 33.6. The topological polar surface area (TPSA) is 68.2 Å². The molecule has 1 aliphatic heterocycles. The van der Waals surface area contributed by atoms with E-state index < -0.39 is 10.8 Å². The molecular weight excluding hydrogens is 653 g/mol. The minimum absolute atomic E-state index is 0.216. The zero-order valence-corrected chi connectivity index (χ0v) is 28.7. The van der Waals surface area contributed by atoms with Crippen LogP contribution in [-0.4, -0.2) is 40.7 Å². The predicted octanol–water partition coefficient (Wildman–Crippen LogP) is 9.38. The molecule has 51 heavy (non-hydrogen) atoms. The van der Waals surface area contributed by atoms with Crippen molar-refractivity contribution in [3.05, 3.63) is 198 Å². The summed E-state index contributed by atoms with van der Waals surface area (Å²) in [5.41, 5.74) is 5.56. The number of imide groups is 1. The van der Waals surface area contributed by atoms with Gasteiger partial charge in [0.1, 0.15) is 17.9 Å². The summed E-state index contributed by atoms with van der Waals surface area (Å²) in [6.07, 6.45) is 2.10. The number of thioether (sulfide) groups is 1. The molecule has 1 unspecified atom stereocenters. The molecule has 0 radical (unpaired) electrons. The predicted molar refractivity (Wildman–Crippen MR) is 204 cm³/mol. The number of amides is 2. The third-order valence-electron chi connectivity index (χ3n) is 8.89. The maximum atomic E-state index is 14.4. The number of hydrogen-bond acceptors (Lipinski definition) is 6. The van der Waals surface area contributed by atoms with E-state index in [1.807, 2.05) is 146 Å². The number of carbonyl (C=O) groups excluding carboxylic acids is 2. The fourth-order valence-corrected chi connectivity index (χ4v) is 7.59. The van der Waals surface area contributed by atoms with Crippen LogP contribution in [0.5, 0.6) is 5.75 Å². The van der Waals surface area contributed by atoms with Gasteiger partial charge in [0.2, 0.25) is 5.91 Å². The van der Waals surface area contributed by atoms with Gasteiger partial charge >= 0.3 is 0 Å². The van der Waals surface area contributed by atoms with Crippen molar-refractivity contribution in [2.45, 2.75) is 17.2 Å². The Labute approximate surface area is 302 Å². The van der Waals surface area contributed by atoms with E-state index in [2.05, 4.69) is 29.4 Å². The van der Waals surface area contributed by atoms with Gasteiger partial charge in [-0.05, 0) is 63.6 Å². The lowest BCUT2D eigenvalue weighted by Crippen LogP contribution is -2.51. The summed E-state index contributed by atoms with van der Waals surface area (Å²) in [5, 5.41) is 3.26. The SMILES string of the molecule is O=C1SC(Cc2ccc(OCCO/N=C\c3cccc(-c4ccccc4)c3)cc2)C(=O)N1C(c1ccccc1)(c1ccccc1)c1ccccc1. The lowest BCUT2D eigenvalue weighted by atomic mass is 9.75. The zero-order chi connectivity index (χ0) is 34.9. The van der Waals surface area contributed by atoms with Gasteiger partial charge in [-0.1, -0.05) is 169 Å². The molecule has 1 aliphatic rings. The maximum Gasteiger partial charge on any atom is 0.290 e. The highest BCUT2D eigenvalue weighted by Crippen LogP contribution is 2.47. The first-order valence-electron chi connectivity index (χ1n) is 16.9. The summed E-state index contributed by atoms with van der Waals surface area (Å²) < 4.78 is 5.87. The van der Waals surface area contributed by atoms with Crippen molar-refractivity contribution in [1.82, 2.24) is 4.90 Å². The molecule has 0 saturated carbocycles. The van der Waals surface area contributed by atoms with Crippen LogP contribution in [0.3, 0.4) is 0 Å². The molecule has 0 aromatic heterocycles. The monoisotopic (exact) mass is 688 g/mol. The fourth-order valence-electron chi connectivity index (χ4n) is 6.53. The molecule has 1 heterocycles. The van der Waals surface area contributed by atoms with E-state index in [1.54, 1.807) is 6.21 Å². The number of nitrogens with zero attached hydrogens (tertiary/aromatic N) is 2. The molecular formula is C44H36N2O4S. The van der Waals surface area contributed by atoms with E-state index in [-0.39, 0.29) is 17.8 Å². The molecule has 1 saturated heterocycles. The van der Waals surface area contributed by atoms with Crippen LogP contribution in [0.25, 0.3) is 11.1 Å². The summed E-state index contributed by atoms with van der Waals surface area (Å²) in [4.78, 5) is 35.3. The first-order valence-corrected chi connectivity index (χ1v) is 17.7. The normalized spacial score (nSPS) is 14.6. The van der Waals surface area contributed by atoms with Gasteiger partial charge in [0.15, 0.2) is 6.61 Å². The third kappa shape index (κ3) is 7.35. The van der Waals surface area contributed by atoms with Crippen molar-refractivity contribution >= 4 is 29.1 Å². The number of oxime groups is 1. The van der Waals surface area contributed by atoms with Crippen molar-refractivity contribution < 1.29 is 19.2 Å². The molecule has 1 atom stereocenters. The van der Waals surface area contributed by atoms with Gasteiger partial charge in [0, 0.05) is 0 Å². The van der Waals surface area contributed by atoms with E-state index >= 15 is 0 Å². The Morgan fingerprint density at radius 3 is 1.76 bits per heavy atom. The maximum absolute atomic E-state index is 14.4. The van der Waals surface area contributed by atoms with Crippen LogP contribution in [0.15, 0.2) is 175 Å². The third-order valence-corrected chi connectivity index (χ3v) is 9.93. The molecule has 7 heteroatoms. The Balaban J connectivity index is 0.997. The average Bonchev–Trinajstić information content (AvgIpc) is 3.47. The van der Waals surface area contributed by atoms with Crippen molar-refractivity contribution in [2.75, 3.05) is 13.2 Å². The molecule has 0 N–H and O–H groups in total. The van der Waals surface area contributed by atoms with Crippen LogP contribution in [0.2, 0.25) is 0 Å². The smallest absolute Gasteiger partial charge is 0.290 e. The van der Waals surface area contributed by atoms with Crippen LogP contribution in [-0.2, 0) is 21.6 Å². The highest BCUT2D eigenvalue weighted by Gasteiger charge is 2.53. The molecule has 252 valence electrons. The van der Waals surface area contributed by atoms with Crippen LogP contribution in [0.4, 0.5) is 4.79 Å². The van der Waals surface area contributed by atoms with Crippen molar-refractivity contribution in [1.29, 1.82) is 0 Å². The molecule has 1 fully saturated rings. The van der Waals surface area contributed by atoms with Crippen molar-refractivity contribution in [3.8, 4) is 16.9 Å². The van der Waals surface area contributed by atoms with Gasteiger partial charge < -0.3 is 9.57 Å². The molecule has 6 aromatic rings. The lowest BCUT2D eigenvalue weighted by molar-refractivity contribution is -0.129. The van der Waals surface area contributed by atoms with Gasteiger partial charge in [0.05, 0.1) is 11.5 Å². The molecule has 0 aliphatic carbocycles. The van der Waals surface area contributed by atoms with Gasteiger partial charge in [-0.15, -0.1) is 0 Å².